The number of amidine groups is 1. The third-order valence-electron chi connectivity index (χ3n) is 7.36. The molecule has 2 aliphatic heterocycles. The number of halogens is 4. The van der Waals surface area contributed by atoms with Crippen molar-refractivity contribution in [1.29, 1.82) is 0 Å². The minimum Gasteiger partial charge on any atom is -0.444 e. The van der Waals surface area contributed by atoms with Gasteiger partial charge in [0.25, 0.3) is 5.91 Å². The molecular formula is C30H31ClF3N5O3S. The molecule has 2 aromatic carbocycles. The van der Waals surface area contributed by atoms with Crippen molar-refractivity contribution in [3.63, 3.8) is 0 Å². The van der Waals surface area contributed by atoms with E-state index in [1.807, 2.05) is 32.7 Å². The summed E-state index contributed by atoms with van der Waals surface area (Å²) in [6, 6.07) is 9.01. The number of ether oxygens (including phenoxy) is 1. The summed E-state index contributed by atoms with van der Waals surface area (Å²) in [5.74, 6) is -0.511. The molecule has 228 valence electrons. The number of nitrogens with zero attached hydrogens (tertiary/aromatic N) is 4. The Hall–Kier alpha value is -3.51. The third kappa shape index (κ3) is 7.01. The number of aromatic nitrogens is 2. The van der Waals surface area contributed by atoms with Crippen LogP contribution >= 0.6 is 23.4 Å². The van der Waals surface area contributed by atoms with E-state index < -0.39 is 23.2 Å². The Kier molecular flexibility index (Phi) is 8.54. The maximum atomic E-state index is 14.0. The van der Waals surface area contributed by atoms with Crippen molar-refractivity contribution < 1.29 is 27.5 Å². The van der Waals surface area contributed by atoms with Gasteiger partial charge in [-0.3, -0.25) is 9.89 Å². The Morgan fingerprint density at radius 3 is 2.56 bits per heavy atom. The van der Waals surface area contributed by atoms with Gasteiger partial charge in [-0.1, -0.05) is 23.7 Å². The Balaban J connectivity index is 1.42. The van der Waals surface area contributed by atoms with Gasteiger partial charge in [-0.15, -0.1) is 0 Å². The fourth-order valence-corrected chi connectivity index (χ4v) is 6.38. The van der Waals surface area contributed by atoms with Gasteiger partial charge in [0.05, 0.1) is 22.2 Å². The molecular weight excluding hydrogens is 603 g/mol. The number of amides is 2. The van der Waals surface area contributed by atoms with Crippen LogP contribution in [0.2, 0.25) is 5.02 Å². The smallest absolute Gasteiger partial charge is 0.416 e. The highest BCUT2D eigenvalue weighted by molar-refractivity contribution is 8.18. The molecule has 1 fully saturated rings. The summed E-state index contributed by atoms with van der Waals surface area (Å²) in [5, 5.41) is 8.10. The van der Waals surface area contributed by atoms with E-state index in [4.69, 9.17) is 16.3 Å². The minimum atomic E-state index is -4.63. The average molecular weight is 634 g/mol. The van der Waals surface area contributed by atoms with Gasteiger partial charge >= 0.3 is 12.3 Å². The number of rotatable bonds is 4. The number of thioether (sulfide) groups is 1. The molecule has 8 nitrogen and oxygen atoms in total. The number of hydrogen-bond acceptors (Lipinski definition) is 6. The maximum Gasteiger partial charge on any atom is 0.416 e. The van der Waals surface area contributed by atoms with E-state index in [1.165, 1.54) is 12.1 Å². The molecule has 43 heavy (non-hydrogen) atoms. The molecule has 3 heterocycles. The molecule has 0 spiro atoms. The molecule has 0 saturated carbocycles. The monoisotopic (exact) mass is 633 g/mol. The van der Waals surface area contributed by atoms with Gasteiger partial charge in [0, 0.05) is 36.6 Å². The van der Waals surface area contributed by atoms with E-state index in [2.05, 4.69) is 15.2 Å². The first kappa shape index (κ1) is 30.9. The lowest BCUT2D eigenvalue weighted by Crippen LogP contribution is -2.47. The number of aromatic amines is 1. The molecule has 2 amide bonds. The maximum absolute atomic E-state index is 14.0. The number of H-pyrrole nitrogens is 1. The van der Waals surface area contributed by atoms with Gasteiger partial charge in [-0.25, -0.2) is 4.79 Å². The van der Waals surface area contributed by atoms with Crippen LogP contribution in [0.1, 0.15) is 50.3 Å². The Labute approximate surface area is 256 Å². The third-order valence-corrected chi connectivity index (χ3v) is 8.78. The molecule has 1 aromatic heterocycles. The molecule has 1 N–H and O–H groups in total. The number of aliphatic imine (C=N–C) groups is 1. The Bertz CT molecular complexity index is 1620. The molecule has 0 atom stereocenters. The van der Waals surface area contributed by atoms with Crippen molar-refractivity contribution in [2.45, 2.75) is 57.9 Å². The lowest BCUT2D eigenvalue weighted by Gasteiger charge is -2.37. The first-order valence-electron chi connectivity index (χ1n) is 13.7. The first-order valence-corrected chi connectivity index (χ1v) is 14.9. The molecule has 1 saturated heterocycles. The summed E-state index contributed by atoms with van der Waals surface area (Å²) < 4.78 is 47.5. The molecule has 3 aromatic rings. The molecule has 0 aliphatic carbocycles. The van der Waals surface area contributed by atoms with E-state index in [0.717, 1.165) is 28.7 Å². The van der Waals surface area contributed by atoms with Crippen LogP contribution in [0.5, 0.6) is 0 Å². The Morgan fingerprint density at radius 1 is 1.16 bits per heavy atom. The highest BCUT2D eigenvalue weighted by atomic mass is 35.5. The number of hydrogen-bond donors (Lipinski definition) is 1. The number of nitrogens with one attached hydrogen (secondary N) is 1. The number of piperidine rings is 1. The summed E-state index contributed by atoms with van der Waals surface area (Å²) in [6.45, 7) is 6.45. The number of carbonyl (C=O) groups excluding carboxylic acids is 2. The van der Waals surface area contributed by atoms with Crippen LogP contribution in [-0.2, 0) is 22.1 Å². The van der Waals surface area contributed by atoms with E-state index in [1.54, 1.807) is 29.3 Å². The molecule has 0 unspecified atom stereocenters. The number of likely N-dealkylation sites (tertiary alicyclic amines) is 1. The van der Waals surface area contributed by atoms with Crippen LogP contribution < -0.4 is 0 Å². The van der Waals surface area contributed by atoms with E-state index in [0.29, 0.717) is 42.2 Å². The van der Waals surface area contributed by atoms with Crippen molar-refractivity contribution in [3.8, 4) is 0 Å². The quantitative estimate of drug-likeness (QED) is 0.307. The van der Waals surface area contributed by atoms with Crippen molar-refractivity contribution in [2.75, 3.05) is 20.1 Å². The van der Waals surface area contributed by atoms with Crippen LogP contribution in [0.3, 0.4) is 0 Å². The van der Waals surface area contributed by atoms with Crippen LogP contribution in [0, 0.1) is 0 Å². The van der Waals surface area contributed by atoms with Crippen LogP contribution in [0.25, 0.3) is 16.5 Å². The standard InChI is InChI=1S/C30H31ClF3N5O3S/c1-29(2,3)42-28(41)39-11-9-21(10-12-39)38(4)27-36-26(40)25(43-27)22(17-6-8-24-19(13-17)16-35-37-24)14-18-5-7-20(31)15-23(18)30(32,33)34/h5-8,13,15-16,21H,9-12,14H2,1-4H3,(H,35,37). The zero-order valence-corrected chi connectivity index (χ0v) is 25.7. The molecule has 2 aliphatic rings. The second-order valence-corrected chi connectivity index (χ2v) is 13.0. The summed E-state index contributed by atoms with van der Waals surface area (Å²) >= 11 is 7.08. The fraction of sp³-hybridized carbons (Fsp3) is 0.400. The number of benzene rings is 2. The molecule has 5 rings (SSSR count). The van der Waals surface area contributed by atoms with Crippen molar-refractivity contribution in [1.82, 2.24) is 20.0 Å². The minimum absolute atomic E-state index is 0.00332. The predicted molar refractivity (Wildman–Crippen MR) is 162 cm³/mol. The van der Waals surface area contributed by atoms with Gasteiger partial charge in [0.2, 0.25) is 0 Å². The van der Waals surface area contributed by atoms with Gasteiger partial charge in [0.1, 0.15) is 5.60 Å². The summed E-state index contributed by atoms with van der Waals surface area (Å²) in [7, 11) is 1.84. The van der Waals surface area contributed by atoms with Gasteiger partial charge in [-0.2, -0.15) is 23.3 Å². The second kappa shape index (κ2) is 11.9. The second-order valence-electron chi connectivity index (χ2n) is 11.6. The van der Waals surface area contributed by atoms with Crippen LogP contribution in [-0.4, -0.2) is 68.9 Å². The van der Waals surface area contributed by atoms with Gasteiger partial charge in [-0.05, 0) is 92.8 Å². The van der Waals surface area contributed by atoms with Crippen molar-refractivity contribution >= 4 is 57.0 Å². The number of fused-ring (bicyclic) bond motifs is 1. The highest BCUT2D eigenvalue weighted by Gasteiger charge is 2.36. The number of alkyl halides is 3. The predicted octanol–water partition coefficient (Wildman–Crippen LogP) is 7.15. The van der Waals surface area contributed by atoms with Crippen molar-refractivity contribution in [2.24, 2.45) is 4.99 Å². The Morgan fingerprint density at radius 2 is 1.88 bits per heavy atom. The zero-order chi connectivity index (χ0) is 31.1. The largest absolute Gasteiger partial charge is 0.444 e. The fourth-order valence-electron chi connectivity index (χ4n) is 5.16. The van der Waals surface area contributed by atoms with E-state index in [-0.39, 0.29) is 34.0 Å². The zero-order valence-electron chi connectivity index (χ0n) is 24.1. The van der Waals surface area contributed by atoms with Crippen LogP contribution in [0.4, 0.5) is 18.0 Å². The SMILES string of the molecule is CN(C1=NC(=O)C(=C(Cc2ccc(Cl)cc2C(F)(F)F)c2ccc3[nH]ncc3c2)S1)C1CCN(C(=O)OC(C)(C)C)CC1. The summed E-state index contributed by atoms with van der Waals surface area (Å²) in [5.41, 5.74) is 0.339. The summed E-state index contributed by atoms with van der Waals surface area (Å²) in [6.07, 6.45) is -2.25. The van der Waals surface area contributed by atoms with Crippen molar-refractivity contribution in [3.05, 3.63) is 69.2 Å². The average Bonchev–Trinajstić information content (AvgIpc) is 3.56. The molecule has 0 bridgehead atoms. The van der Waals surface area contributed by atoms with E-state index >= 15 is 0 Å². The van der Waals surface area contributed by atoms with Gasteiger partial charge < -0.3 is 14.5 Å². The molecule has 0 radical (unpaired) electrons. The van der Waals surface area contributed by atoms with Crippen LogP contribution in [0.15, 0.2) is 52.5 Å². The first-order chi connectivity index (χ1) is 20.2. The molecule has 13 heteroatoms. The number of carbonyl (C=O) groups is 2. The normalized spacial score (nSPS) is 17.8. The number of allylic oxidation sites excluding steroid dienone is 1. The van der Waals surface area contributed by atoms with Gasteiger partial charge in [0.15, 0.2) is 5.17 Å². The lowest BCUT2D eigenvalue weighted by molar-refractivity contribution is -0.138. The topological polar surface area (TPSA) is 90.9 Å². The summed E-state index contributed by atoms with van der Waals surface area (Å²) in [4.78, 5) is 34.0. The highest BCUT2D eigenvalue weighted by Crippen LogP contribution is 2.41. The lowest BCUT2D eigenvalue weighted by atomic mass is 9.93. The van der Waals surface area contributed by atoms with E-state index in [9.17, 15) is 22.8 Å².